The van der Waals surface area contributed by atoms with Crippen LogP contribution in [0.2, 0.25) is 0 Å². The Kier molecular flexibility index (Phi) is 5.53. The third-order valence-corrected chi connectivity index (χ3v) is 4.11. The molecule has 21 heavy (non-hydrogen) atoms. The van der Waals surface area contributed by atoms with Crippen molar-refractivity contribution < 1.29 is 4.39 Å². The van der Waals surface area contributed by atoms with E-state index in [1.54, 1.807) is 6.07 Å². The first-order chi connectivity index (χ1) is 10.1. The number of aromatic nitrogens is 2. The highest BCUT2D eigenvalue weighted by molar-refractivity contribution is 9.10. The molecule has 0 fully saturated rings. The summed E-state index contributed by atoms with van der Waals surface area (Å²) in [5, 5.41) is 7.87. The van der Waals surface area contributed by atoms with Gasteiger partial charge in [0.1, 0.15) is 5.82 Å². The van der Waals surface area contributed by atoms with Crippen LogP contribution in [0, 0.1) is 12.7 Å². The van der Waals surface area contributed by atoms with Crippen LogP contribution in [0.4, 0.5) is 4.39 Å². The van der Waals surface area contributed by atoms with Crippen molar-refractivity contribution in [2.24, 2.45) is 0 Å². The van der Waals surface area contributed by atoms with E-state index < -0.39 is 0 Å². The van der Waals surface area contributed by atoms with Crippen LogP contribution in [0.25, 0.3) is 0 Å². The van der Waals surface area contributed by atoms with Crippen LogP contribution in [-0.4, -0.2) is 16.3 Å². The van der Waals surface area contributed by atoms with Gasteiger partial charge in [0.15, 0.2) is 0 Å². The molecule has 3 nitrogen and oxygen atoms in total. The number of nitrogens with one attached hydrogen (secondary N) is 1. The van der Waals surface area contributed by atoms with E-state index in [0.717, 1.165) is 40.8 Å². The molecule has 2 aromatic rings. The number of benzene rings is 1. The molecule has 0 aliphatic rings. The first-order valence-electron chi connectivity index (χ1n) is 7.29. The molecule has 0 saturated heterocycles. The smallest absolute Gasteiger partial charge is 0.123 e. The van der Waals surface area contributed by atoms with E-state index in [0.29, 0.717) is 0 Å². The lowest BCUT2D eigenvalue weighted by Crippen LogP contribution is -2.26. The molecule has 0 aliphatic carbocycles. The predicted octanol–water partition coefficient (Wildman–Crippen LogP) is 4.20. The van der Waals surface area contributed by atoms with Gasteiger partial charge in [-0.05, 0) is 59.1 Å². The van der Waals surface area contributed by atoms with Crippen LogP contribution >= 0.6 is 15.9 Å². The highest BCUT2D eigenvalue weighted by Gasteiger charge is 2.22. The lowest BCUT2D eigenvalue weighted by Gasteiger charge is -2.22. The molecule has 1 unspecified atom stereocenters. The molecule has 1 aromatic heterocycles. The zero-order chi connectivity index (χ0) is 15.4. The first kappa shape index (κ1) is 16.2. The fourth-order valence-corrected chi connectivity index (χ4v) is 3.05. The number of halogens is 2. The Morgan fingerprint density at radius 2 is 2.14 bits per heavy atom. The summed E-state index contributed by atoms with van der Waals surface area (Å²) in [5.41, 5.74) is 3.07. The third kappa shape index (κ3) is 3.52. The fourth-order valence-electron chi connectivity index (χ4n) is 2.53. The molecule has 5 heteroatoms. The van der Waals surface area contributed by atoms with Gasteiger partial charge in [0, 0.05) is 6.54 Å². The number of hydrogen-bond donors (Lipinski definition) is 1. The van der Waals surface area contributed by atoms with Crippen molar-refractivity contribution >= 4 is 15.9 Å². The van der Waals surface area contributed by atoms with Crippen LogP contribution in [0.15, 0.2) is 28.9 Å². The largest absolute Gasteiger partial charge is 0.305 e. The number of aryl methyl sites for hydroxylation is 2. The van der Waals surface area contributed by atoms with E-state index in [9.17, 15) is 4.39 Å². The molecule has 0 radical (unpaired) electrons. The summed E-state index contributed by atoms with van der Waals surface area (Å²) in [4.78, 5) is 0. The molecule has 0 saturated carbocycles. The lowest BCUT2D eigenvalue weighted by molar-refractivity contribution is 0.515. The number of rotatable bonds is 6. The van der Waals surface area contributed by atoms with Gasteiger partial charge in [0.05, 0.1) is 22.4 Å². The van der Waals surface area contributed by atoms with E-state index in [4.69, 9.17) is 0 Å². The molecule has 0 bridgehead atoms. The van der Waals surface area contributed by atoms with Crippen molar-refractivity contribution in [3.05, 3.63) is 51.5 Å². The Morgan fingerprint density at radius 1 is 1.38 bits per heavy atom. The summed E-state index contributed by atoms with van der Waals surface area (Å²) in [6, 6.07) is 4.86. The average Bonchev–Trinajstić information content (AvgIpc) is 2.81. The van der Waals surface area contributed by atoms with Gasteiger partial charge in [-0.25, -0.2) is 4.39 Å². The Balaban J connectivity index is 2.53. The van der Waals surface area contributed by atoms with Gasteiger partial charge in [0.25, 0.3) is 0 Å². The lowest BCUT2D eigenvalue weighted by atomic mass is 9.98. The Hall–Kier alpha value is -1.20. The van der Waals surface area contributed by atoms with Gasteiger partial charge in [0.2, 0.25) is 0 Å². The quantitative estimate of drug-likeness (QED) is 0.843. The van der Waals surface area contributed by atoms with E-state index in [1.165, 1.54) is 6.07 Å². The van der Waals surface area contributed by atoms with Crippen molar-refractivity contribution in [3.63, 3.8) is 0 Å². The average molecular weight is 354 g/mol. The Morgan fingerprint density at radius 3 is 2.81 bits per heavy atom. The minimum absolute atomic E-state index is 0.0749. The van der Waals surface area contributed by atoms with Crippen molar-refractivity contribution in [3.8, 4) is 0 Å². The predicted molar refractivity (Wildman–Crippen MR) is 86.9 cm³/mol. The SMILES string of the molecule is CCCn1ncc(Br)c1C(NCC)c1cc(F)ccc1C. The third-order valence-electron chi connectivity index (χ3n) is 3.50. The molecular formula is C16H21BrFN3. The second-order valence-electron chi connectivity index (χ2n) is 5.09. The maximum atomic E-state index is 13.7. The summed E-state index contributed by atoms with van der Waals surface area (Å²) >= 11 is 3.58. The van der Waals surface area contributed by atoms with Crippen molar-refractivity contribution in [2.75, 3.05) is 6.54 Å². The standard InChI is InChI=1S/C16H21BrFN3/c1-4-8-21-16(14(17)10-20-21)15(19-5-2)13-9-12(18)7-6-11(13)3/h6-7,9-10,15,19H,4-5,8H2,1-3H3. The van der Waals surface area contributed by atoms with Gasteiger partial charge in [-0.1, -0.05) is 19.9 Å². The van der Waals surface area contributed by atoms with Crippen molar-refractivity contribution in [1.29, 1.82) is 0 Å². The second kappa shape index (κ2) is 7.18. The zero-order valence-corrected chi connectivity index (χ0v) is 14.2. The highest BCUT2D eigenvalue weighted by atomic mass is 79.9. The molecule has 0 amide bonds. The van der Waals surface area contributed by atoms with Crippen LogP contribution in [0.5, 0.6) is 0 Å². The summed E-state index contributed by atoms with van der Waals surface area (Å²) in [6.07, 6.45) is 2.81. The molecular weight excluding hydrogens is 333 g/mol. The molecule has 0 aliphatic heterocycles. The van der Waals surface area contributed by atoms with Gasteiger partial charge >= 0.3 is 0 Å². The minimum atomic E-state index is -0.212. The Bertz CT molecular complexity index is 610. The van der Waals surface area contributed by atoms with E-state index in [1.807, 2.05) is 23.9 Å². The van der Waals surface area contributed by atoms with Gasteiger partial charge in [-0.15, -0.1) is 0 Å². The second-order valence-corrected chi connectivity index (χ2v) is 5.95. The maximum absolute atomic E-state index is 13.7. The van der Waals surface area contributed by atoms with Crippen LogP contribution in [-0.2, 0) is 6.54 Å². The Labute approximate surface area is 133 Å². The fraction of sp³-hybridized carbons (Fsp3) is 0.438. The topological polar surface area (TPSA) is 29.9 Å². The highest BCUT2D eigenvalue weighted by Crippen LogP contribution is 2.31. The molecule has 2 rings (SSSR count). The monoisotopic (exact) mass is 353 g/mol. The molecule has 114 valence electrons. The van der Waals surface area contributed by atoms with Gasteiger partial charge in [-0.3, -0.25) is 4.68 Å². The number of hydrogen-bond acceptors (Lipinski definition) is 2. The normalized spacial score (nSPS) is 12.6. The molecule has 1 atom stereocenters. The van der Waals surface area contributed by atoms with Crippen LogP contribution < -0.4 is 5.32 Å². The molecule has 0 spiro atoms. The number of nitrogens with zero attached hydrogens (tertiary/aromatic N) is 2. The van der Waals surface area contributed by atoms with Crippen LogP contribution in [0.1, 0.15) is 43.1 Å². The van der Waals surface area contributed by atoms with Crippen LogP contribution in [0.3, 0.4) is 0 Å². The summed E-state index contributed by atoms with van der Waals surface area (Å²) in [6.45, 7) is 7.82. The molecule has 1 N–H and O–H groups in total. The minimum Gasteiger partial charge on any atom is -0.305 e. The van der Waals surface area contributed by atoms with Crippen molar-refractivity contribution in [1.82, 2.24) is 15.1 Å². The zero-order valence-electron chi connectivity index (χ0n) is 12.7. The first-order valence-corrected chi connectivity index (χ1v) is 8.08. The van der Waals surface area contributed by atoms with Gasteiger partial charge in [-0.2, -0.15) is 5.10 Å². The van der Waals surface area contributed by atoms with E-state index in [2.05, 4.69) is 40.2 Å². The van der Waals surface area contributed by atoms with E-state index >= 15 is 0 Å². The maximum Gasteiger partial charge on any atom is 0.123 e. The summed E-state index contributed by atoms with van der Waals surface area (Å²) in [7, 11) is 0. The van der Waals surface area contributed by atoms with E-state index in [-0.39, 0.29) is 11.9 Å². The molecule has 1 heterocycles. The summed E-state index contributed by atoms with van der Waals surface area (Å²) in [5.74, 6) is -0.212. The van der Waals surface area contributed by atoms with Crippen molar-refractivity contribution in [2.45, 2.75) is 39.8 Å². The van der Waals surface area contributed by atoms with Gasteiger partial charge < -0.3 is 5.32 Å². The molecule has 1 aromatic carbocycles. The summed E-state index contributed by atoms with van der Waals surface area (Å²) < 4.78 is 16.6.